The molecule has 0 radical (unpaired) electrons. The van der Waals surface area contributed by atoms with Crippen LogP contribution in [0.1, 0.15) is 0 Å². The standard InChI is InChI=1S/6ClH.3Ru/h6*1H;;;/q;;;;;;3*+2/p-6. The van der Waals surface area contributed by atoms with Crippen LogP contribution in [0.15, 0.2) is 0 Å². The summed E-state index contributed by atoms with van der Waals surface area (Å²) in [6.07, 6.45) is 0. The Hall–Kier alpha value is 3.61. The second kappa shape index (κ2) is 100. The second-order valence-corrected chi connectivity index (χ2v) is 0. The molecule has 9 heavy (non-hydrogen) atoms. The molecule has 9 heteroatoms. The second-order valence-electron chi connectivity index (χ2n) is 0. The fraction of sp³-hybridized carbons (Fsp3) is 0. The van der Waals surface area contributed by atoms with Gasteiger partial charge in [-0.05, 0) is 0 Å². The minimum atomic E-state index is 0. The maximum absolute atomic E-state index is 0. The van der Waals surface area contributed by atoms with E-state index in [1.54, 1.807) is 0 Å². The maximum Gasteiger partial charge on any atom is 2.00 e. The van der Waals surface area contributed by atoms with Crippen LogP contribution in [0.25, 0.3) is 0 Å². The van der Waals surface area contributed by atoms with Crippen molar-refractivity contribution in [1.82, 2.24) is 0 Å². The summed E-state index contributed by atoms with van der Waals surface area (Å²) in [6.45, 7) is 0. The van der Waals surface area contributed by atoms with Gasteiger partial charge in [-0.15, -0.1) is 0 Å². The molecule has 0 aliphatic heterocycles. The Bertz CT molecular complexity index is 8.26. The molecule has 0 amide bonds. The molecule has 0 N–H and O–H groups in total. The number of hydrogen-bond acceptors (Lipinski definition) is 0. The van der Waals surface area contributed by atoms with Gasteiger partial charge in [0, 0.05) is 0 Å². The third kappa shape index (κ3) is 82.3. The van der Waals surface area contributed by atoms with Crippen LogP contribution in [-0.2, 0) is 58.4 Å². The van der Waals surface area contributed by atoms with Gasteiger partial charge in [0.25, 0.3) is 0 Å². The van der Waals surface area contributed by atoms with E-state index in [2.05, 4.69) is 0 Å². The van der Waals surface area contributed by atoms with Crippen LogP contribution < -0.4 is 74.4 Å². The Morgan fingerprint density at radius 1 is 0.222 bits per heavy atom. The van der Waals surface area contributed by atoms with Crippen LogP contribution in [0.2, 0.25) is 0 Å². The first kappa shape index (κ1) is 130. The average molecular weight is 516 g/mol. The number of rotatable bonds is 0. The summed E-state index contributed by atoms with van der Waals surface area (Å²) < 4.78 is 0. The number of halogens is 6. The summed E-state index contributed by atoms with van der Waals surface area (Å²) in [5.74, 6) is 0. The van der Waals surface area contributed by atoms with Crippen LogP contribution in [0.3, 0.4) is 0 Å². The predicted octanol–water partition coefficient (Wildman–Crippen LogP) is -18.0. The van der Waals surface area contributed by atoms with E-state index in [1.807, 2.05) is 0 Å². The molecular formula is Cl6Ru3. The molecular weight excluding hydrogens is 516 g/mol. The number of hydrogen-bond donors (Lipinski definition) is 0. The minimum absolute atomic E-state index is 0. The van der Waals surface area contributed by atoms with E-state index in [9.17, 15) is 0 Å². The van der Waals surface area contributed by atoms with Gasteiger partial charge in [0.2, 0.25) is 0 Å². The third-order valence-corrected chi connectivity index (χ3v) is 0. The van der Waals surface area contributed by atoms with Gasteiger partial charge < -0.3 is 74.4 Å². The molecule has 0 rings (SSSR count). The van der Waals surface area contributed by atoms with Crippen molar-refractivity contribution in [3.63, 3.8) is 0 Å². The molecule has 0 heterocycles. The van der Waals surface area contributed by atoms with Gasteiger partial charge in [-0.25, -0.2) is 0 Å². The van der Waals surface area contributed by atoms with Gasteiger partial charge in [0.1, 0.15) is 0 Å². The van der Waals surface area contributed by atoms with Crippen molar-refractivity contribution >= 4 is 0 Å². The fourth-order valence-electron chi connectivity index (χ4n) is 0. The molecule has 0 saturated heterocycles. The molecule has 0 unspecified atom stereocenters. The monoisotopic (exact) mass is 516 g/mol. The van der Waals surface area contributed by atoms with Crippen molar-refractivity contribution in [3.8, 4) is 0 Å². The molecule has 0 saturated carbocycles. The quantitative estimate of drug-likeness (QED) is 0.281. The van der Waals surface area contributed by atoms with E-state index in [0.717, 1.165) is 0 Å². The zero-order chi connectivity index (χ0) is 0. The van der Waals surface area contributed by atoms with Gasteiger partial charge in [-0.2, -0.15) is 0 Å². The molecule has 0 aromatic rings. The van der Waals surface area contributed by atoms with Crippen molar-refractivity contribution in [2.75, 3.05) is 0 Å². The summed E-state index contributed by atoms with van der Waals surface area (Å²) in [7, 11) is 0. The van der Waals surface area contributed by atoms with Crippen molar-refractivity contribution in [1.29, 1.82) is 0 Å². The van der Waals surface area contributed by atoms with Crippen LogP contribution >= 0.6 is 0 Å². The van der Waals surface area contributed by atoms with E-state index in [1.165, 1.54) is 0 Å². The van der Waals surface area contributed by atoms with E-state index in [-0.39, 0.29) is 133 Å². The predicted molar refractivity (Wildman–Crippen MR) is 0 cm³/mol. The molecule has 0 bridgehead atoms. The molecule has 0 nitrogen and oxygen atoms in total. The minimum Gasteiger partial charge on any atom is -1.00 e. The van der Waals surface area contributed by atoms with Gasteiger partial charge in [0.05, 0.1) is 0 Å². The average Bonchev–Trinajstić information content (AvgIpc) is 0. The maximum atomic E-state index is 0. The molecule has 0 aliphatic rings. The van der Waals surface area contributed by atoms with Crippen LogP contribution in [0, 0.1) is 0 Å². The zero-order valence-electron chi connectivity index (χ0n) is 3.33. The Labute approximate surface area is 131 Å². The topological polar surface area (TPSA) is 0 Å². The van der Waals surface area contributed by atoms with Crippen molar-refractivity contribution in [2.24, 2.45) is 0 Å². The summed E-state index contributed by atoms with van der Waals surface area (Å²) in [6, 6.07) is 0. The SMILES string of the molecule is [Cl-].[Cl-].[Cl-].[Cl-].[Cl-].[Cl-].[Ru+2].[Ru+2].[Ru+2]. The van der Waals surface area contributed by atoms with E-state index >= 15 is 0 Å². The first-order valence-electron chi connectivity index (χ1n) is 0. The molecule has 0 aliphatic carbocycles. The summed E-state index contributed by atoms with van der Waals surface area (Å²) >= 11 is 0. The fourth-order valence-corrected chi connectivity index (χ4v) is 0. The third-order valence-electron chi connectivity index (χ3n) is 0. The van der Waals surface area contributed by atoms with Crippen molar-refractivity contribution in [3.05, 3.63) is 0 Å². The largest absolute Gasteiger partial charge is 2.00 e. The van der Waals surface area contributed by atoms with Crippen LogP contribution in [0.4, 0.5) is 0 Å². The van der Waals surface area contributed by atoms with Gasteiger partial charge in [0.15, 0.2) is 0 Å². The summed E-state index contributed by atoms with van der Waals surface area (Å²) in [4.78, 5) is 0. The molecule has 0 spiro atoms. The van der Waals surface area contributed by atoms with Gasteiger partial charge in [-0.3, -0.25) is 0 Å². The van der Waals surface area contributed by atoms with Gasteiger partial charge in [-0.1, -0.05) is 0 Å². The molecule has 0 aromatic carbocycles. The Morgan fingerprint density at radius 2 is 0.222 bits per heavy atom. The van der Waals surface area contributed by atoms with Crippen molar-refractivity contribution in [2.45, 2.75) is 0 Å². The van der Waals surface area contributed by atoms with Crippen LogP contribution in [-0.4, -0.2) is 0 Å². The van der Waals surface area contributed by atoms with E-state index in [0.29, 0.717) is 0 Å². The van der Waals surface area contributed by atoms with Gasteiger partial charge >= 0.3 is 58.4 Å². The first-order chi connectivity index (χ1) is 0. The Kier molecular flexibility index (Phi) is 1450. The smallest absolute Gasteiger partial charge is 1.00 e. The van der Waals surface area contributed by atoms with Crippen LogP contribution in [0.5, 0.6) is 0 Å². The normalized spacial score (nSPS) is 0. The molecule has 0 atom stereocenters. The van der Waals surface area contributed by atoms with E-state index in [4.69, 9.17) is 0 Å². The van der Waals surface area contributed by atoms with E-state index < -0.39 is 0 Å². The molecule has 0 fully saturated rings. The van der Waals surface area contributed by atoms with Crippen molar-refractivity contribution < 1.29 is 133 Å². The summed E-state index contributed by atoms with van der Waals surface area (Å²) in [5.41, 5.74) is 0. The first-order valence-corrected chi connectivity index (χ1v) is 0. The summed E-state index contributed by atoms with van der Waals surface area (Å²) in [5, 5.41) is 0. The molecule has 0 aromatic heterocycles. The zero-order valence-corrected chi connectivity index (χ0v) is 13.1. The Balaban J connectivity index is 0. The molecule has 66 valence electrons. The Morgan fingerprint density at radius 3 is 0.222 bits per heavy atom.